The van der Waals surface area contributed by atoms with E-state index in [1.807, 2.05) is 4.90 Å². The van der Waals surface area contributed by atoms with E-state index in [0.29, 0.717) is 44.1 Å². The van der Waals surface area contributed by atoms with E-state index in [1.165, 1.54) is 12.1 Å². The molecule has 2 heterocycles. The number of aromatic nitrogens is 2. The molecule has 0 unspecified atom stereocenters. The van der Waals surface area contributed by atoms with Crippen molar-refractivity contribution in [3.8, 4) is 0 Å². The predicted molar refractivity (Wildman–Crippen MR) is 112 cm³/mol. The molecule has 0 spiro atoms. The fourth-order valence-electron chi connectivity index (χ4n) is 3.29. The summed E-state index contributed by atoms with van der Waals surface area (Å²) in [6.45, 7) is 2.90. The molecule has 3 rings (SSSR count). The highest BCUT2D eigenvalue weighted by Gasteiger charge is 2.29. The lowest BCUT2D eigenvalue weighted by molar-refractivity contribution is -0.137. The number of nitrogens with one attached hydrogen (secondary N) is 2. The summed E-state index contributed by atoms with van der Waals surface area (Å²) in [6.07, 6.45) is -0.410. The lowest BCUT2D eigenvalue weighted by Gasteiger charge is -2.34. The van der Waals surface area contributed by atoms with Gasteiger partial charge in [0.1, 0.15) is 0 Å². The molecule has 0 radical (unpaired) electrons. The summed E-state index contributed by atoms with van der Waals surface area (Å²) in [5.41, 5.74) is -0.0139. The number of amides is 3. The van der Waals surface area contributed by atoms with E-state index < -0.39 is 17.8 Å². The Labute approximate surface area is 183 Å². The number of benzene rings is 1. The first-order valence-electron chi connectivity index (χ1n) is 10.3. The van der Waals surface area contributed by atoms with Crippen LogP contribution in [0.15, 0.2) is 42.7 Å². The van der Waals surface area contributed by atoms with Crippen LogP contribution in [0, 0.1) is 0 Å². The van der Waals surface area contributed by atoms with Crippen molar-refractivity contribution in [2.24, 2.45) is 0 Å². The molecule has 3 amide bonds. The fraction of sp³-hybridized carbons (Fsp3) is 0.429. The van der Waals surface area contributed by atoms with Gasteiger partial charge in [0.2, 0.25) is 11.9 Å². The zero-order chi connectivity index (χ0) is 23.0. The van der Waals surface area contributed by atoms with Crippen molar-refractivity contribution in [2.75, 3.05) is 44.2 Å². The second kappa shape index (κ2) is 10.8. The van der Waals surface area contributed by atoms with Crippen molar-refractivity contribution in [3.05, 3.63) is 53.9 Å². The van der Waals surface area contributed by atoms with Crippen molar-refractivity contribution in [1.82, 2.24) is 25.5 Å². The number of hydrogen-bond acceptors (Lipinski definition) is 5. The fourth-order valence-corrected chi connectivity index (χ4v) is 3.29. The standard InChI is InChI=1S/C21H25F3N6O2/c22-21(23,24)17-4-2-16(3-5-17)6-10-27-20(32)28-11-7-18(31)29-12-14-30(15-13-29)19-25-8-1-9-26-19/h1-5,8-9H,6-7,10-15H2,(H2,27,28,32). The summed E-state index contributed by atoms with van der Waals surface area (Å²) in [5, 5.41) is 5.26. The normalized spacial score (nSPS) is 14.2. The van der Waals surface area contributed by atoms with Crippen LogP contribution in [0.25, 0.3) is 0 Å². The van der Waals surface area contributed by atoms with Gasteiger partial charge in [0, 0.05) is 58.1 Å². The first-order valence-corrected chi connectivity index (χ1v) is 10.3. The van der Waals surface area contributed by atoms with E-state index in [9.17, 15) is 22.8 Å². The van der Waals surface area contributed by atoms with Gasteiger partial charge in [-0.1, -0.05) is 12.1 Å². The van der Waals surface area contributed by atoms with Crippen molar-refractivity contribution < 1.29 is 22.8 Å². The predicted octanol–water partition coefficient (Wildman–Crippen LogP) is 2.08. The maximum Gasteiger partial charge on any atom is 0.416 e. The number of anilines is 1. The second-order valence-corrected chi connectivity index (χ2v) is 7.29. The number of carbonyl (C=O) groups is 2. The zero-order valence-corrected chi connectivity index (χ0v) is 17.4. The van der Waals surface area contributed by atoms with Crippen LogP contribution in [-0.4, -0.2) is 66.1 Å². The van der Waals surface area contributed by atoms with Gasteiger partial charge >= 0.3 is 12.2 Å². The van der Waals surface area contributed by atoms with Crippen LogP contribution in [0.1, 0.15) is 17.5 Å². The molecular weight excluding hydrogens is 425 g/mol. The molecule has 11 heteroatoms. The van der Waals surface area contributed by atoms with Crippen LogP contribution in [0.3, 0.4) is 0 Å². The molecule has 1 aromatic heterocycles. The van der Waals surface area contributed by atoms with Gasteiger partial charge < -0.3 is 20.4 Å². The molecule has 0 bridgehead atoms. The molecule has 0 atom stereocenters. The Bertz CT molecular complexity index is 885. The van der Waals surface area contributed by atoms with Crippen molar-refractivity contribution >= 4 is 17.9 Å². The van der Waals surface area contributed by atoms with E-state index in [1.54, 1.807) is 23.4 Å². The summed E-state index contributed by atoms with van der Waals surface area (Å²) in [4.78, 5) is 36.4. The molecule has 0 saturated carbocycles. The first kappa shape index (κ1) is 23.3. The number of halogens is 3. The van der Waals surface area contributed by atoms with E-state index in [2.05, 4.69) is 20.6 Å². The Hall–Kier alpha value is -3.37. The number of urea groups is 1. The van der Waals surface area contributed by atoms with Crippen LogP contribution in [0.5, 0.6) is 0 Å². The van der Waals surface area contributed by atoms with E-state index in [-0.39, 0.29) is 25.4 Å². The maximum absolute atomic E-state index is 12.6. The monoisotopic (exact) mass is 450 g/mol. The van der Waals surface area contributed by atoms with Crippen molar-refractivity contribution in [3.63, 3.8) is 0 Å². The van der Waals surface area contributed by atoms with Crippen LogP contribution < -0.4 is 15.5 Å². The summed E-state index contributed by atoms with van der Waals surface area (Å²) in [5.74, 6) is 0.609. The molecule has 172 valence electrons. The van der Waals surface area contributed by atoms with Gasteiger partial charge in [-0.3, -0.25) is 4.79 Å². The van der Waals surface area contributed by atoms with Gasteiger partial charge in [0.25, 0.3) is 0 Å². The zero-order valence-electron chi connectivity index (χ0n) is 17.4. The molecule has 32 heavy (non-hydrogen) atoms. The smallest absolute Gasteiger partial charge is 0.339 e. The summed E-state index contributed by atoms with van der Waals surface area (Å²) in [7, 11) is 0. The Morgan fingerprint density at radius 2 is 1.56 bits per heavy atom. The van der Waals surface area contributed by atoms with E-state index in [0.717, 1.165) is 12.1 Å². The largest absolute Gasteiger partial charge is 0.416 e. The average molecular weight is 450 g/mol. The highest BCUT2D eigenvalue weighted by molar-refractivity contribution is 5.78. The van der Waals surface area contributed by atoms with Crippen LogP contribution >= 0.6 is 0 Å². The SMILES string of the molecule is O=C(NCCC(=O)N1CCN(c2ncccn2)CC1)NCCc1ccc(C(F)(F)F)cc1. The summed E-state index contributed by atoms with van der Waals surface area (Å²) in [6, 6.07) is 6.16. The number of alkyl halides is 3. The number of nitrogens with zero attached hydrogens (tertiary/aromatic N) is 4. The third-order valence-electron chi connectivity index (χ3n) is 5.07. The molecule has 8 nitrogen and oxygen atoms in total. The first-order chi connectivity index (χ1) is 15.3. The molecule has 1 aliphatic rings. The number of hydrogen-bond donors (Lipinski definition) is 2. The molecule has 1 fully saturated rings. The molecule has 1 aliphatic heterocycles. The summed E-state index contributed by atoms with van der Waals surface area (Å²) < 4.78 is 37.7. The minimum Gasteiger partial charge on any atom is -0.339 e. The van der Waals surface area contributed by atoms with E-state index >= 15 is 0 Å². The minimum absolute atomic E-state index is 0.0383. The quantitative estimate of drug-likeness (QED) is 0.674. The lowest BCUT2D eigenvalue weighted by atomic mass is 10.1. The third-order valence-corrected chi connectivity index (χ3v) is 5.07. The van der Waals surface area contributed by atoms with Crippen LogP contribution in [0.2, 0.25) is 0 Å². The van der Waals surface area contributed by atoms with Gasteiger partial charge in [0.05, 0.1) is 5.56 Å². The highest BCUT2D eigenvalue weighted by Crippen LogP contribution is 2.29. The Morgan fingerprint density at radius 3 is 2.19 bits per heavy atom. The van der Waals surface area contributed by atoms with Crippen LogP contribution in [-0.2, 0) is 17.4 Å². The molecule has 0 aliphatic carbocycles. The van der Waals surface area contributed by atoms with Crippen LogP contribution in [0.4, 0.5) is 23.9 Å². The maximum atomic E-state index is 12.6. The van der Waals surface area contributed by atoms with Gasteiger partial charge in [-0.2, -0.15) is 13.2 Å². The van der Waals surface area contributed by atoms with E-state index in [4.69, 9.17) is 0 Å². The molecule has 1 aromatic carbocycles. The Balaban J connectivity index is 1.29. The minimum atomic E-state index is -4.36. The molecule has 2 N–H and O–H groups in total. The van der Waals surface area contributed by atoms with Gasteiger partial charge in [-0.15, -0.1) is 0 Å². The number of carbonyl (C=O) groups excluding carboxylic acids is 2. The number of rotatable bonds is 7. The number of piperazine rings is 1. The molecule has 2 aromatic rings. The Morgan fingerprint density at radius 1 is 0.938 bits per heavy atom. The Kier molecular flexibility index (Phi) is 7.85. The van der Waals surface area contributed by atoms with Crippen molar-refractivity contribution in [2.45, 2.75) is 19.0 Å². The van der Waals surface area contributed by atoms with Gasteiger partial charge in [-0.05, 0) is 30.2 Å². The second-order valence-electron chi connectivity index (χ2n) is 7.29. The lowest BCUT2D eigenvalue weighted by Crippen LogP contribution is -2.50. The average Bonchev–Trinajstić information content (AvgIpc) is 2.79. The molecule has 1 saturated heterocycles. The van der Waals surface area contributed by atoms with Gasteiger partial charge in [0.15, 0.2) is 0 Å². The van der Waals surface area contributed by atoms with Crippen molar-refractivity contribution in [1.29, 1.82) is 0 Å². The third kappa shape index (κ3) is 6.82. The highest BCUT2D eigenvalue weighted by atomic mass is 19.4. The van der Waals surface area contributed by atoms with Gasteiger partial charge in [-0.25, -0.2) is 14.8 Å². The topological polar surface area (TPSA) is 90.5 Å². The summed E-state index contributed by atoms with van der Waals surface area (Å²) >= 11 is 0. The molecular formula is C21H25F3N6O2.